The first-order chi connectivity index (χ1) is 8.50. The first-order valence-corrected chi connectivity index (χ1v) is 6.05. The van der Waals surface area contributed by atoms with Gasteiger partial charge in [-0.2, -0.15) is 0 Å². The Labute approximate surface area is 112 Å². The van der Waals surface area contributed by atoms with E-state index >= 15 is 0 Å². The van der Waals surface area contributed by atoms with Crippen LogP contribution in [-0.2, 0) is 0 Å². The van der Waals surface area contributed by atoms with Crippen molar-refractivity contribution in [1.82, 2.24) is 0 Å². The fraction of sp³-hybridized carbons (Fsp3) is 0.0714. The quantitative estimate of drug-likeness (QED) is 0.757. The summed E-state index contributed by atoms with van der Waals surface area (Å²) in [4.78, 5) is 12.2. The number of ketones is 1. The van der Waals surface area contributed by atoms with Gasteiger partial charge in [0.25, 0.3) is 0 Å². The van der Waals surface area contributed by atoms with Gasteiger partial charge in [0.1, 0.15) is 11.6 Å². The smallest absolute Gasteiger partial charge is 0.194 e. The van der Waals surface area contributed by atoms with Gasteiger partial charge in [0, 0.05) is 11.1 Å². The molecule has 4 heteroatoms. The second-order valence-electron chi connectivity index (χ2n) is 3.89. The Morgan fingerprint density at radius 2 is 1.83 bits per heavy atom. The predicted molar refractivity (Wildman–Crippen MR) is 68.7 cm³/mol. The molecule has 0 heterocycles. The van der Waals surface area contributed by atoms with Crippen molar-refractivity contribution in [2.75, 3.05) is 0 Å². The molecule has 2 aromatic rings. The van der Waals surface area contributed by atoms with Crippen LogP contribution < -0.4 is 0 Å². The predicted octanol–water partition coefficient (Wildman–Crippen LogP) is 4.27. The molecule has 0 N–H and O–H groups in total. The van der Waals surface area contributed by atoms with Crippen LogP contribution in [0.4, 0.5) is 8.78 Å². The molecule has 0 aliphatic rings. The van der Waals surface area contributed by atoms with Gasteiger partial charge in [0.15, 0.2) is 5.78 Å². The van der Waals surface area contributed by atoms with Gasteiger partial charge in [-0.05, 0) is 52.7 Å². The van der Waals surface area contributed by atoms with Crippen LogP contribution in [0.1, 0.15) is 21.5 Å². The Kier molecular flexibility index (Phi) is 3.57. The lowest BCUT2D eigenvalue weighted by Gasteiger charge is -2.07. The maximum atomic E-state index is 13.4. The van der Waals surface area contributed by atoms with E-state index in [-0.39, 0.29) is 15.6 Å². The van der Waals surface area contributed by atoms with Crippen molar-refractivity contribution in [2.24, 2.45) is 0 Å². The van der Waals surface area contributed by atoms with E-state index in [1.54, 1.807) is 6.92 Å². The van der Waals surface area contributed by atoms with E-state index in [4.69, 9.17) is 0 Å². The summed E-state index contributed by atoms with van der Waals surface area (Å²) in [5.74, 6) is -1.41. The molecule has 1 nitrogen and oxygen atoms in total. The van der Waals surface area contributed by atoms with Gasteiger partial charge < -0.3 is 0 Å². The Hall–Kier alpha value is -1.55. The van der Waals surface area contributed by atoms with E-state index in [9.17, 15) is 13.6 Å². The standard InChI is InChI=1S/C14H9BrF2O/c1-8-5-6-9(16)7-11(8)14(18)10-3-2-4-12(17)13(10)15/h2-7H,1H3. The van der Waals surface area contributed by atoms with E-state index < -0.39 is 17.4 Å². The molecule has 0 unspecified atom stereocenters. The molecule has 0 saturated heterocycles. The van der Waals surface area contributed by atoms with E-state index in [0.29, 0.717) is 5.56 Å². The highest BCUT2D eigenvalue weighted by atomic mass is 79.9. The van der Waals surface area contributed by atoms with Crippen molar-refractivity contribution < 1.29 is 13.6 Å². The van der Waals surface area contributed by atoms with Crippen molar-refractivity contribution in [3.8, 4) is 0 Å². The number of hydrogen-bond donors (Lipinski definition) is 0. The van der Waals surface area contributed by atoms with Crippen molar-refractivity contribution in [1.29, 1.82) is 0 Å². The minimum absolute atomic E-state index is 0.0960. The molecule has 0 bridgehead atoms. The lowest BCUT2D eigenvalue weighted by Crippen LogP contribution is -2.06. The SMILES string of the molecule is Cc1ccc(F)cc1C(=O)c1cccc(F)c1Br. The Morgan fingerprint density at radius 1 is 1.11 bits per heavy atom. The fourth-order valence-corrected chi connectivity index (χ4v) is 2.11. The summed E-state index contributed by atoms with van der Waals surface area (Å²) in [5.41, 5.74) is 1.07. The molecule has 92 valence electrons. The molecule has 2 aromatic carbocycles. The Morgan fingerprint density at radius 3 is 2.56 bits per heavy atom. The van der Waals surface area contributed by atoms with Gasteiger partial charge in [-0.3, -0.25) is 4.79 Å². The van der Waals surface area contributed by atoms with Crippen LogP contribution in [0.5, 0.6) is 0 Å². The summed E-state index contributed by atoms with van der Waals surface area (Å²) in [5, 5.41) is 0. The number of halogens is 3. The van der Waals surface area contributed by atoms with Crippen molar-refractivity contribution >= 4 is 21.7 Å². The summed E-state index contributed by atoms with van der Waals surface area (Å²) < 4.78 is 26.6. The summed E-state index contributed by atoms with van der Waals surface area (Å²) in [7, 11) is 0. The van der Waals surface area contributed by atoms with Crippen LogP contribution in [-0.4, -0.2) is 5.78 Å². The summed E-state index contributed by atoms with van der Waals surface area (Å²) >= 11 is 3.03. The van der Waals surface area contributed by atoms with Gasteiger partial charge >= 0.3 is 0 Å². The third-order valence-electron chi connectivity index (χ3n) is 2.64. The van der Waals surface area contributed by atoms with Crippen LogP contribution in [0.3, 0.4) is 0 Å². The molecule has 0 spiro atoms. The highest BCUT2D eigenvalue weighted by Crippen LogP contribution is 2.24. The minimum Gasteiger partial charge on any atom is -0.289 e. The lowest BCUT2D eigenvalue weighted by atomic mass is 9.99. The number of carbonyl (C=O) groups excluding carboxylic acids is 1. The largest absolute Gasteiger partial charge is 0.289 e. The molecular weight excluding hydrogens is 302 g/mol. The van der Waals surface area contributed by atoms with Crippen molar-refractivity contribution in [3.05, 3.63) is 69.2 Å². The van der Waals surface area contributed by atoms with Crippen LogP contribution in [0.15, 0.2) is 40.9 Å². The highest BCUT2D eigenvalue weighted by Gasteiger charge is 2.17. The maximum absolute atomic E-state index is 13.4. The second kappa shape index (κ2) is 4.98. The van der Waals surface area contributed by atoms with E-state index in [1.165, 1.54) is 30.3 Å². The molecule has 0 aromatic heterocycles. The van der Waals surface area contributed by atoms with Gasteiger partial charge in [-0.1, -0.05) is 12.1 Å². The van der Waals surface area contributed by atoms with Crippen molar-refractivity contribution in [3.63, 3.8) is 0 Å². The van der Waals surface area contributed by atoms with Gasteiger partial charge in [0.05, 0.1) is 4.47 Å². The third kappa shape index (κ3) is 2.34. The van der Waals surface area contributed by atoms with Crippen LogP contribution in [0, 0.1) is 18.6 Å². The van der Waals surface area contributed by atoms with Gasteiger partial charge in [-0.15, -0.1) is 0 Å². The normalized spacial score (nSPS) is 10.4. The first kappa shape index (κ1) is 12.9. The molecule has 2 rings (SSSR count). The zero-order valence-corrected chi connectivity index (χ0v) is 11.1. The van der Waals surface area contributed by atoms with Gasteiger partial charge in [-0.25, -0.2) is 8.78 Å². The Bertz CT molecular complexity index is 619. The zero-order chi connectivity index (χ0) is 13.3. The lowest BCUT2D eigenvalue weighted by molar-refractivity contribution is 0.103. The van der Waals surface area contributed by atoms with Crippen LogP contribution in [0.2, 0.25) is 0 Å². The van der Waals surface area contributed by atoms with E-state index in [1.807, 2.05) is 0 Å². The maximum Gasteiger partial charge on any atom is 0.194 e. The average molecular weight is 311 g/mol. The monoisotopic (exact) mass is 310 g/mol. The first-order valence-electron chi connectivity index (χ1n) is 5.25. The average Bonchev–Trinajstić information content (AvgIpc) is 2.35. The Balaban J connectivity index is 2.55. The highest BCUT2D eigenvalue weighted by molar-refractivity contribution is 9.10. The number of benzene rings is 2. The number of rotatable bonds is 2. The molecule has 0 saturated carbocycles. The second-order valence-corrected chi connectivity index (χ2v) is 4.68. The van der Waals surface area contributed by atoms with E-state index in [2.05, 4.69) is 15.9 Å². The summed E-state index contributed by atoms with van der Waals surface area (Å²) in [6, 6.07) is 8.17. The van der Waals surface area contributed by atoms with Crippen LogP contribution in [0.25, 0.3) is 0 Å². The molecular formula is C14H9BrF2O. The molecule has 18 heavy (non-hydrogen) atoms. The van der Waals surface area contributed by atoms with Crippen LogP contribution >= 0.6 is 15.9 Å². The van der Waals surface area contributed by atoms with Gasteiger partial charge in [0.2, 0.25) is 0 Å². The molecule has 0 aliphatic heterocycles. The van der Waals surface area contributed by atoms with Crippen molar-refractivity contribution in [2.45, 2.75) is 6.92 Å². The minimum atomic E-state index is -0.519. The number of aryl methyl sites for hydroxylation is 1. The third-order valence-corrected chi connectivity index (χ3v) is 3.45. The molecule has 0 amide bonds. The molecule has 0 radical (unpaired) electrons. The topological polar surface area (TPSA) is 17.1 Å². The van der Waals surface area contributed by atoms with E-state index in [0.717, 1.165) is 6.07 Å². The molecule has 0 aliphatic carbocycles. The summed E-state index contributed by atoms with van der Waals surface area (Å²) in [6.45, 7) is 1.71. The number of hydrogen-bond acceptors (Lipinski definition) is 1. The number of carbonyl (C=O) groups is 1. The molecule has 0 fully saturated rings. The molecule has 0 atom stereocenters. The zero-order valence-electron chi connectivity index (χ0n) is 9.51. The summed E-state index contributed by atoms with van der Waals surface area (Å²) in [6.07, 6.45) is 0. The fourth-order valence-electron chi connectivity index (χ4n) is 1.66.